The van der Waals surface area contributed by atoms with Crippen LogP contribution in [0.2, 0.25) is 0 Å². The van der Waals surface area contributed by atoms with Crippen LogP contribution in [0.25, 0.3) is 0 Å². The van der Waals surface area contributed by atoms with Gasteiger partial charge in [0, 0.05) is 0 Å². The monoisotopic (exact) mass is 198 g/mol. The molecule has 0 bridgehead atoms. The molecule has 0 N–H and O–H groups in total. The van der Waals surface area contributed by atoms with Crippen LogP contribution in [0.15, 0.2) is 0 Å². The lowest BCUT2D eigenvalue weighted by Gasteiger charge is -2.28. The second-order valence-corrected chi connectivity index (χ2v) is 6.19. The van der Waals surface area contributed by atoms with Gasteiger partial charge >= 0.3 is 0 Å². The van der Waals surface area contributed by atoms with Crippen molar-refractivity contribution in [3.05, 3.63) is 0 Å². The van der Waals surface area contributed by atoms with Gasteiger partial charge < -0.3 is 0 Å². The summed E-state index contributed by atoms with van der Waals surface area (Å²) < 4.78 is 0. The molecule has 0 heteroatoms. The van der Waals surface area contributed by atoms with Gasteiger partial charge in [-0.3, -0.25) is 0 Å². The van der Waals surface area contributed by atoms with Crippen molar-refractivity contribution >= 4 is 0 Å². The highest BCUT2D eigenvalue weighted by molar-refractivity contribution is 4.71. The van der Waals surface area contributed by atoms with Crippen LogP contribution in [0.3, 0.4) is 0 Å². The Morgan fingerprint density at radius 3 is 2.00 bits per heavy atom. The second kappa shape index (κ2) is 6.48. The first-order valence-corrected chi connectivity index (χ1v) is 6.37. The minimum absolute atomic E-state index is 0.552. The van der Waals surface area contributed by atoms with Gasteiger partial charge in [-0.2, -0.15) is 0 Å². The number of hydrogen-bond donors (Lipinski definition) is 0. The molecule has 0 aromatic carbocycles. The normalized spacial score (nSPS) is 14.8. The molecule has 1 atom stereocenters. The van der Waals surface area contributed by atoms with Crippen LogP contribution in [-0.4, -0.2) is 0 Å². The average molecular weight is 198 g/mol. The van der Waals surface area contributed by atoms with E-state index in [0.29, 0.717) is 5.41 Å². The average Bonchev–Trinajstić information content (AvgIpc) is 1.99. The predicted octanol–water partition coefficient (Wildman–Crippen LogP) is 5.28. The zero-order valence-electron chi connectivity index (χ0n) is 11.2. The summed E-state index contributed by atoms with van der Waals surface area (Å²) in [5.41, 5.74) is 0.552. The Hall–Kier alpha value is 0. The topological polar surface area (TPSA) is 0 Å². The van der Waals surface area contributed by atoms with E-state index in [4.69, 9.17) is 0 Å². The highest BCUT2D eigenvalue weighted by Gasteiger charge is 2.19. The molecule has 0 aromatic rings. The third kappa shape index (κ3) is 7.41. The molecule has 0 aliphatic carbocycles. The molecule has 0 spiro atoms. The Kier molecular flexibility index (Phi) is 6.48. The molecule has 0 heterocycles. The lowest BCUT2D eigenvalue weighted by Crippen LogP contribution is -2.15. The van der Waals surface area contributed by atoms with Crippen LogP contribution in [0.1, 0.15) is 73.6 Å². The lowest BCUT2D eigenvalue weighted by atomic mass is 9.78. The quantitative estimate of drug-likeness (QED) is 0.522. The molecule has 0 saturated heterocycles. The summed E-state index contributed by atoms with van der Waals surface area (Å²) >= 11 is 0. The van der Waals surface area contributed by atoms with Crippen molar-refractivity contribution in [3.8, 4) is 0 Å². The van der Waals surface area contributed by atoms with Gasteiger partial charge in [0.25, 0.3) is 0 Å². The fourth-order valence-corrected chi connectivity index (χ4v) is 2.48. The van der Waals surface area contributed by atoms with E-state index in [1.54, 1.807) is 0 Å². The largest absolute Gasteiger partial charge is 0.0654 e. The van der Waals surface area contributed by atoms with Gasteiger partial charge in [-0.05, 0) is 30.1 Å². The van der Waals surface area contributed by atoms with Crippen LogP contribution in [-0.2, 0) is 0 Å². The Morgan fingerprint density at radius 2 is 1.57 bits per heavy atom. The van der Waals surface area contributed by atoms with Gasteiger partial charge in [-0.25, -0.2) is 0 Å². The highest BCUT2D eigenvalue weighted by Crippen LogP contribution is 2.32. The Balaban J connectivity index is 3.74. The zero-order chi connectivity index (χ0) is 11.2. The van der Waals surface area contributed by atoms with Gasteiger partial charge in [0.15, 0.2) is 0 Å². The fourth-order valence-electron chi connectivity index (χ4n) is 2.48. The minimum atomic E-state index is 0.552. The molecule has 0 rings (SSSR count). The van der Waals surface area contributed by atoms with E-state index in [1.165, 1.54) is 32.1 Å². The molecular weight excluding hydrogens is 168 g/mol. The summed E-state index contributed by atoms with van der Waals surface area (Å²) in [5, 5.41) is 0. The van der Waals surface area contributed by atoms with E-state index in [1.807, 2.05) is 0 Å². The molecular formula is C14H30. The third-order valence-corrected chi connectivity index (χ3v) is 3.06. The molecule has 0 aliphatic heterocycles. The Bertz CT molecular complexity index is 133. The van der Waals surface area contributed by atoms with Crippen LogP contribution in [0.4, 0.5) is 0 Å². The van der Waals surface area contributed by atoms with Crippen molar-refractivity contribution in [2.45, 2.75) is 73.6 Å². The Morgan fingerprint density at radius 1 is 1.00 bits per heavy atom. The third-order valence-electron chi connectivity index (χ3n) is 3.06. The summed E-state index contributed by atoms with van der Waals surface area (Å²) in [6.45, 7) is 14.2. The molecule has 0 fully saturated rings. The maximum absolute atomic E-state index is 2.42. The van der Waals surface area contributed by atoms with Crippen LogP contribution >= 0.6 is 0 Å². The molecule has 0 aromatic heterocycles. The fraction of sp³-hybridized carbons (Fsp3) is 1.00. The minimum Gasteiger partial charge on any atom is -0.0654 e. The summed E-state index contributed by atoms with van der Waals surface area (Å²) in [5.74, 6) is 1.76. The van der Waals surface area contributed by atoms with E-state index in [9.17, 15) is 0 Å². The van der Waals surface area contributed by atoms with E-state index < -0.39 is 0 Å². The van der Waals surface area contributed by atoms with Crippen LogP contribution < -0.4 is 0 Å². The first kappa shape index (κ1) is 14.0. The summed E-state index contributed by atoms with van der Waals surface area (Å²) in [6.07, 6.45) is 6.91. The van der Waals surface area contributed by atoms with Gasteiger partial charge in [-0.1, -0.05) is 60.8 Å². The summed E-state index contributed by atoms with van der Waals surface area (Å²) in [4.78, 5) is 0. The highest BCUT2D eigenvalue weighted by atomic mass is 14.2. The molecule has 14 heavy (non-hydrogen) atoms. The summed E-state index contributed by atoms with van der Waals surface area (Å²) in [6, 6.07) is 0. The van der Waals surface area contributed by atoms with E-state index in [-0.39, 0.29) is 0 Å². The van der Waals surface area contributed by atoms with E-state index >= 15 is 0 Å². The number of hydrogen-bond acceptors (Lipinski definition) is 0. The smallest absolute Gasteiger partial charge is 0.0352 e. The van der Waals surface area contributed by atoms with Gasteiger partial charge in [-0.15, -0.1) is 0 Å². The molecule has 0 radical (unpaired) electrons. The number of rotatable bonds is 7. The van der Waals surface area contributed by atoms with Crippen LogP contribution in [0, 0.1) is 17.3 Å². The first-order chi connectivity index (χ1) is 6.37. The molecule has 0 nitrogen and oxygen atoms in total. The molecule has 86 valence electrons. The van der Waals surface area contributed by atoms with E-state index in [2.05, 4.69) is 41.5 Å². The Labute approximate surface area is 91.5 Å². The summed E-state index contributed by atoms with van der Waals surface area (Å²) in [7, 11) is 0. The molecule has 1 unspecified atom stereocenters. The first-order valence-electron chi connectivity index (χ1n) is 6.37. The maximum Gasteiger partial charge on any atom is -0.0352 e. The van der Waals surface area contributed by atoms with Crippen molar-refractivity contribution in [2.24, 2.45) is 17.3 Å². The van der Waals surface area contributed by atoms with Crippen molar-refractivity contribution in [1.82, 2.24) is 0 Å². The second-order valence-electron chi connectivity index (χ2n) is 6.19. The van der Waals surface area contributed by atoms with Gasteiger partial charge in [0.05, 0.1) is 0 Å². The molecule has 0 aliphatic rings. The van der Waals surface area contributed by atoms with Crippen LogP contribution in [0.5, 0.6) is 0 Å². The zero-order valence-corrected chi connectivity index (χ0v) is 11.2. The molecule has 0 saturated carbocycles. The van der Waals surface area contributed by atoms with Crippen molar-refractivity contribution in [3.63, 3.8) is 0 Å². The van der Waals surface area contributed by atoms with E-state index in [0.717, 1.165) is 11.8 Å². The van der Waals surface area contributed by atoms with Gasteiger partial charge in [0.1, 0.15) is 0 Å². The van der Waals surface area contributed by atoms with Crippen molar-refractivity contribution in [1.29, 1.82) is 0 Å². The molecule has 0 amide bonds. The lowest BCUT2D eigenvalue weighted by molar-refractivity contribution is 0.241. The van der Waals surface area contributed by atoms with Crippen molar-refractivity contribution in [2.75, 3.05) is 0 Å². The van der Waals surface area contributed by atoms with Gasteiger partial charge in [0.2, 0.25) is 0 Å². The van der Waals surface area contributed by atoms with Crippen molar-refractivity contribution < 1.29 is 0 Å². The maximum atomic E-state index is 2.42. The SMILES string of the molecule is CCCC(C)CCC(C)(C)CC(C)C. The predicted molar refractivity (Wildman–Crippen MR) is 66.5 cm³/mol. The standard InChI is InChI=1S/C14H30/c1-7-8-13(4)9-10-14(5,6)11-12(2)3/h12-13H,7-11H2,1-6H3.